The molecule has 100 valence electrons. The molecule has 0 aliphatic rings. The molecule has 0 aliphatic heterocycles. The van der Waals surface area contributed by atoms with Crippen molar-refractivity contribution in [2.75, 3.05) is 7.05 Å². The highest BCUT2D eigenvalue weighted by atomic mass is 35.5. The number of hydrogen-bond acceptors (Lipinski definition) is 2. The number of likely N-dealkylation sites (N-methyl/N-ethyl adjacent to an activating group) is 1. The lowest BCUT2D eigenvalue weighted by Crippen LogP contribution is -2.19. The highest BCUT2D eigenvalue weighted by Crippen LogP contribution is 2.26. The Bertz CT molecular complexity index is 570. The number of hydrogen-bond donors (Lipinski definition) is 1. The molecule has 1 aromatic carbocycles. The molecule has 1 N–H and O–H groups in total. The van der Waals surface area contributed by atoms with Crippen molar-refractivity contribution < 1.29 is 0 Å². The largest absolute Gasteiger partial charge is 0.313 e. The van der Waals surface area contributed by atoms with E-state index in [1.165, 1.54) is 5.56 Å². The topological polar surface area (TPSA) is 24.9 Å². The third kappa shape index (κ3) is 3.69. The lowest BCUT2D eigenvalue weighted by Gasteiger charge is -2.18. The van der Waals surface area contributed by atoms with Gasteiger partial charge in [-0.15, -0.1) is 0 Å². The van der Waals surface area contributed by atoms with Crippen LogP contribution in [0.5, 0.6) is 0 Å². The van der Waals surface area contributed by atoms with Crippen molar-refractivity contribution in [3.63, 3.8) is 0 Å². The molecule has 1 unspecified atom stereocenters. The maximum Gasteiger partial charge on any atom is 0.0453 e. The molecule has 0 fully saturated rings. The van der Waals surface area contributed by atoms with Crippen molar-refractivity contribution in [1.29, 1.82) is 0 Å². The van der Waals surface area contributed by atoms with E-state index in [0.29, 0.717) is 10.0 Å². The fourth-order valence-electron chi connectivity index (χ4n) is 2.08. The second-order valence-corrected chi connectivity index (χ2v) is 5.36. The fraction of sp³-hybridized carbons (Fsp3) is 0.267. The summed E-state index contributed by atoms with van der Waals surface area (Å²) in [6.07, 6.45) is 2.65. The number of aryl methyl sites for hydroxylation is 1. The summed E-state index contributed by atoms with van der Waals surface area (Å²) in [4.78, 5) is 4.22. The minimum Gasteiger partial charge on any atom is -0.313 e. The van der Waals surface area contributed by atoms with E-state index in [2.05, 4.69) is 16.4 Å². The van der Waals surface area contributed by atoms with Crippen LogP contribution in [0, 0.1) is 6.92 Å². The maximum atomic E-state index is 6.22. The third-order valence-corrected chi connectivity index (χ3v) is 3.70. The first kappa shape index (κ1) is 14.3. The molecule has 1 atom stereocenters. The number of aromatic nitrogens is 1. The highest BCUT2D eigenvalue weighted by Gasteiger charge is 2.12. The van der Waals surface area contributed by atoms with E-state index in [0.717, 1.165) is 17.7 Å². The Kier molecular flexibility index (Phi) is 4.81. The van der Waals surface area contributed by atoms with Crippen molar-refractivity contribution in [2.24, 2.45) is 0 Å². The average molecular weight is 295 g/mol. The van der Waals surface area contributed by atoms with Gasteiger partial charge in [-0.3, -0.25) is 4.98 Å². The lowest BCUT2D eigenvalue weighted by atomic mass is 9.99. The van der Waals surface area contributed by atoms with E-state index in [9.17, 15) is 0 Å². The molecule has 0 aliphatic carbocycles. The minimum absolute atomic E-state index is 0.209. The monoisotopic (exact) mass is 294 g/mol. The normalized spacial score (nSPS) is 12.4. The molecular weight excluding hydrogens is 279 g/mol. The van der Waals surface area contributed by atoms with Crippen LogP contribution in [0.3, 0.4) is 0 Å². The SMILES string of the molecule is CNC(Cc1ccc(Cl)cc1Cl)c1ccnc(C)c1. The average Bonchev–Trinajstić information content (AvgIpc) is 2.38. The van der Waals surface area contributed by atoms with Crippen LogP contribution in [-0.2, 0) is 6.42 Å². The van der Waals surface area contributed by atoms with E-state index >= 15 is 0 Å². The Morgan fingerprint density at radius 2 is 2.00 bits per heavy atom. The van der Waals surface area contributed by atoms with Gasteiger partial charge in [-0.2, -0.15) is 0 Å². The van der Waals surface area contributed by atoms with Crippen LogP contribution in [-0.4, -0.2) is 12.0 Å². The van der Waals surface area contributed by atoms with Crippen molar-refractivity contribution in [3.05, 3.63) is 63.4 Å². The number of benzene rings is 1. The van der Waals surface area contributed by atoms with Gasteiger partial charge in [0, 0.05) is 28.0 Å². The van der Waals surface area contributed by atoms with Crippen LogP contribution in [0.4, 0.5) is 0 Å². The van der Waals surface area contributed by atoms with Gasteiger partial charge in [0.15, 0.2) is 0 Å². The number of nitrogens with zero attached hydrogens (tertiary/aromatic N) is 1. The Morgan fingerprint density at radius 1 is 1.21 bits per heavy atom. The van der Waals surface area contributed by atoms with Gasteiger partial charge in [0.25, 0.3) is 0 Å². The first-order valence-corrected chi connectivity index (χ1v) is 6.89. The van der Waals surface area contributed by atoms with Gasteiger partial charge >= 0.3 is 0 Å². The Labute approximate surface area is 123 Å². The molecule has 0 radical (unpaired) electrons. The number of halogens is 2. The second-order valence-electron chi connectivity index (χ2n) is 4.51. The molecule has 0 saturated carbocycles. The van der Waals surface area contributed by atoms with Gasteiger partial charge in [-0.05, 0) is 55.8 Å². The number of nitrogens with one attached hydrogen (secondary N) is 1. The van der Waals surface area contributed by atoms with Crippen molar-refractivity contribution in [2.45, 2.75) is 19.4 Å². The Morgan fingerprint density at radius 3 is 2.63 bits per heavy atom. The first-order chi connectivity index (χ1) is 9.10. The Hall–Kier alpha value is -1.09. The van der Waals surface area contributed by atoms with E-state index in [4.69, 9.17) is 23.2 Å². The van der Waals surface area contributed by atoms with Crippen molar-refractivity contribution in [1.82, 2.24) is 10.3 Å². The summed E-state index contributed by atoms with van der Waals surface area (Å²) < 4.78 is 0. The van der Waals surface area contributed by atoms with E-state index in [-0.39, 0.29) is 6.04 Å². The predicted octanol–water partition coefficient (Wildman–Crippen LogP) is 4.20. The summed E-state index contributed by atoms with van der Waals surface area (Å²) in [5.74, 6) is 0. The van der Waals surface area contributed by atoms with Crippen LogP contribution >= 0.6 is 23.2 Å². The number of rotatable bonds is 4. The van der Waals surface area contributed by atoms with Gasteiger partial charge in [-0.25, -0.2) is 0 Å². The van der Waals surface area contributed by atoms with Crippen LogP contribution < -0.4 is 5.32 Å². The van der Waals surface area contributed by atoms with Gasteiger partial charge in [0.2, 0.25) is 0 Å². The van der Waals surface area contributed by atoms with Crippen LogP contribution in [0.25, 0.3) is 0 Å². The second kappa shape index (κ2) is 6.38. The van der Waals surface area contributed by atoms with Crippen molar-refractivity contribution in [3.8, 4) is 0 Å². The van der Waals surface area contributed by atoms with E-state index in [1.807, 2.05) is 38.4 Å². The van der Waals surface area contributed by atoms with Crippen molar-refractivity contribution >= 4 is 23.2 Å². The Balaban J connectivity index is 2.24. The molecule has 0 amide bonds. The van der Waals surface area contributed by atoms with Gasteiger partial charge in [-0.1, -0.05) is 29.3 Å². The molecule has 2 aromatic rings. The zero-order valence-electron chi connectivity index (χ0n) is 11.0. The molecule has 1 heterocycles. The summed E-state index contributed by atoms with van der Waals surface area (Å²) in [6, 6.07) is 9.95. The molecule has 2 rings (SSSR count). The van der Waals surface area contributed by atoms with Crippen LogP contribution in [0.1, 0.15) is 22.9 Å². The summed E-state index contributed by atoms with van der Waals surface area (Å²) in [6.45, 7) is 1.99. The first-order valence-electron chi connectivity index (χ1n) is 6.14. The van der Waals surface area contributed by atoms with Crippen LogP contribution in [0.15, 0.2) is 36.5 Å². The zero-order chi connectivity index (χ0) is 13.8. The molecule has 0 saturated heterocycles. The summed E-state index contributed by atoms with van der Waals surface area (Å²) in [5.41, 5.74) is 3.31. The molecule has 2 nitrogen and oxygen atoms in total. The van der Waals surface area contributed by atoms with E-state index < -0.39 is 0 Å². The third-order valence-electron chi connectivity index (χ3n) is 3.11. The summed E-state index contributed by atoms with van der Waals surface area (Å²) in [5, 5.41) is 4.69. The van der Waals surface area contributed by atoms with Crippen LogP contribution in [0.2, 0.25) is 10.0 Å². The fourth-order valence-corrected chi connectivity index (χ4v) is 2.56. The van der Waals surface area contributed by atoms with E-state index in [1.54, 1.807) is 6.07 Å². The molecular formula is C15H16Cl2N2. The van der Waals surface area contributed by atoms with Gasteiger partial charge < -0.3 is 5.32 Å². The minimum atomic E-state index is 0.209. The summed E-state index contributed by atoms with van der Waals surface area (Å²) >= 11 is 12.1. The summed E-state index contributed by atoms with van der Waals surface area (Å²) in [7, 11) is 1.95. The highest BCUT2D eigenvalue weighted by molar-refractivity contribution is 6.35. The van der Waals surface area contributed by atoms with Gasteiger partial charge in [0.1, 0.15) is 0 Å². The molecule has 0 bridgehead atoms. The standard InChI is InChI=1S/C15H16Cl2N2/c1-10-7-12(5-6-19-10)15(18-2)8-11-3-4-13(16)9-14(11)17/h3-7,9,15,18H,8H2,1-2H3. The number of pyridine rings is 1. The van der Waals surface area contributed by atoms with Gasteiger partial charge in [0.05, 0.1) is 0 Å². The maximum absolute atomic E-state index is 6.22. The lowest BCUT2D eigenvalue weighted by molar-refractivity contribution is 0.591. The zero-order valence-corrected chi connectivity index (χ0v) is 12.5. The molecule has 1 aromatic heterocycles. The predicted molar refractivity (Wildman–Crippen MR) is 80.9 cm³/mol. The molecule has 0 spiro atoms. The molecule has 4 heteroatoms. The quantitative estimate of drug-likeness (QED) is 0.914. The molecule has 19 heavy (non-hydrogen) atoms. The smallest absolute Gasteiger partial charge is 0.0453 e.